The SMILES string of the molecule is CC(O)CNCc1ccc(Oc2ccc(Cl)cc2[N+](=O)[O-])cc1. The topological polar surface area (TPSA) is 84.6 Å². The molecule has 2 N–H and O–H groups in total. The van der Waals surface area contributed by atoms with Gasteiger partial charge in [0, 0.05) is 24.2 Å². The van der Waals surface area contributed by atoms with Crippen LogP contribution in [0.1, 0.15) is 12.5 Å². The van der Waals surface area contributed by atoms with E-state index in [1.54, 1.807) is 19.1 Å². The second kappa shape index (κ2) is 7.92. The standard InChI is InChI=1S/C16H17ClN2O4/c1-11(20)9-18-10-12-2-5-14(6-3-12)23-16-7-4-13(17)8-15(16)19(21)22/h2-8,11,18,20H,9-10H2,1H3. The number of halogens is 1. The quantitative estimate of drug-likeness (QED) is 0.597. The average Bonchev–Trinajstić information content (AvgIpc) is 2.50. The number of hydrogen-bond acceptors (Lipinski definition) is 5. The lowest BCUT2D eigenvalue weighted by Crippen LogP contribution is -2.23. The molecule has 0 heterocycles. The highest BCUT2D eigenvalue weighted by atomic mass is 35.5. The van der Waals surface area contributed by atoms with Gasteiger partial charge in [-0.25, -0.2) is 0 Å². The van der Waals surface area contributed by atoms with Crippen LogP contribution in [0.3, 0.4) is 0 Å². The molecular weight excluding hydrogens is 320 g/mol. The Morgan fingerprint density at radius 3 is 2.61 bits per heavy atom. The van der Waals surface area contributed by atoms with E-state index >= 15 is 0 Å². The molecule has 122 valence electrons. The summed E-state index contributed by atoms with van der Waals surface area (Å²) >= 11 is 5.77. The molecule has 0 bridgehead atoms. The van der Waals surface area contributed by atoms with Gasteiger partial charge in [-0.15, -0.1) is 0 Å². The molecule has 0 saturated carbocycles. The highest BCUT2D eigenvalue weighted by molar-refractivity contribution is 6.30. The third-order valence-corrected chi connectivity index (χ3v) is 3.27. The summed E-state index contributed by atoms with van der Waals surface area (Å²) in [6.45, 7) is 2.84. The lowest BCUT2D eigenvalue weighted by Gasteiger charge is -2.09. The fourth-order valence-corrected chi connectivity index (χ4v) is 2.11. The molecule has 2 rings (SSSR count). The number of aliphatic hydroxyl groups excluding tert-OH is 1. The van der Waals surface area contributed by atoms with E-state index in [2.05, 4.69) is 5.32 Å². The highest BCUT2D eigenvalue weighted by Crippen LogP contribution is 2.33. The van der Waals surface area contributed by atoms with Crippen molar-refractivity contribution in [2.75, 3.05) is 6.54 Å². The van der Waals surface area contributed by atoms with Crippen LogP contribution in [-0.2, 0) is 6.54 Å². The van der Waals surface area contributed by atoms with Crippen molar-refractivity contribution < 1.29 is 14.8 Å². The minimum absolute atomic E-state index is 0.138. The van der Waals surface area contributed by atoms with Gasteiger partial charge in [0.25, 0.3) is 0 Å². The molecule has 0 spiro atoms. The first-order valence-electron chi connectivity index (χ1n) is 7.05. The lowest BCUT2D eigenvalue weighted by atomic mass is 10.2. The molecule has 6 nitrogen and oxygen atoms in total. The number of nitrogens with zero attached hydrogens (tertiary/aromatic N) is 1. The molecule has 0 fully saturated rings. The fourth-order valence-electron chi connectivity index (χ4n) is 1.95. The van der Waals surface area contributed by atoms with Crippen molar-refractivity contribution in [3.8, 4) is 11.5 Å². The first-order chi connectivity index (χ1) is 11.0. The smallest absolute Gasteiger partial charge is 0.313 e. The second-order valence-corrected chi connectivity index (χ2v) is 5.53. The summed E-state index contributed by atoms with van der Waals surface area (Å²) in [5.41, 5.74) is 0.837. The molecule has 0 radical (unpaired) electrons. The van der Waals surface area contributed by atoms with Gasteiger partial charge in [-0.2, -0.15) is 0 Å². The molecule has 0 aliphatic carbocycles. The number of ether oxygens (including phenoxy) is 1. The largest absolute Gasteiger partial charge is 0.450 e. The Kier molecular flexibility index (Phi) is 5.92. The van der Waals surface area contributed by atoms with Crippen LogP contribution in [-0.4, -0.2) is 22.7 Å². The number of nitrogens with one attached hydrogen (secondary N) is 1. The van der Waals surface area contributed by atoms with Crippen LogP contribution in [0.5, 0.6) is 11.5 Å². The molecule has 0 aliphatic rings. The molecule has 1 unspecified atom stereocenters. The molecule has 0 saturated heterocycles. The Bertz CT molecular complexity index is 674. The zero-order valence-electron chi connectivity index (χ0n) is 12.5. The monoisotopic (exact) mass is 336 g/mol. The second-order valence-electron chi connectivity index (χ2n) is 5.10. The molecule has 23 heavy (non-hydrogen) atoms. The summed E-state index contributed by atoms with van der Waals surface area (Å²) in [7, 11) is 0. The Hall–Kier alpha value is -2.15. The zero-order chi connectivity index (χ0) is 16.8. The number of nitro benzene ring substituents is 1. The van der Waals surface area contributed by atoms with Crippen molar-refractivity contribution >= 4 is 17.3 Å². The van der Waals surface area contributed by atoms with E-state index < -0.39 is 11.0 Å². The number of aliphatic hydroxyl groups is 1. The molecule has 1 atom stereocenters. The van der Waals surface area contributed by atoms with Crippen LogP contribution in [0.4, 0.5) is 5.69 Å². The van der Waals surface area contributed by atoms with E-state index in [4.69, 9.17) is 16.3 Å². The fraction of sp³-hybridized carbons (Fsp3) is 0.250. The van der Waals surface area contributed by atoms with E-state index in [0.29, 0.717) is 18.8 Å². The molecule has 0 aliphatic heterocycles. The molecule has 7 heteroatoms. The first-order valence-corrected chi connectivity index (χ1v) is 7.43. The van der Waals surface area contributed by atoms with Crippen LogP contribution < -0.4 is 10.1 Å². The van der Waals surface area contributed by atoms with Gasteiger partial charge >= 0.3 is 5.69 Å². The Morgan fingerprint density at radius 1 is 1.30 bits per heavy atom. The third-order valence-electron chi connectivity index (χ3n) is 3.04. The normalized spacial score (nSPS) is 12.0. The highest BCUT2D eigenvalue weighted by Gasteiger charge is 2.16. The van der Waals surface area contributed by atoms with Crippen molar-refractivity contribution in [1.82, 2.24) is 5.32 Å². The summed E-state index contributed by atoms with van der Waals surface area (Å²) in [6.07, 6.45) is -0.400. The summed E-state index contributed by atoms with van der Waals surface area (Å²) < 4.78 is 5.56. The summed E-state index contributed by atoms with van der Waals surface area (Å²) in [4.78, 5) is 10.5. The number of nitro groups is 1. The van der Waals surface area contributed by atoms with Gasteiger partial charge in [0.2, 0.25) is 5.75 Å². The molecular formula is C16H17ClN2O4. The van der Waals surface area contributed by atoms with Gasteiger partial charge in [0.05, 0.1) is 11.0 Å². The minimum atomic E-state index is -0.532. The van der Waals surface area contributed by atoms with Gasteiger partial charge in [0.1, 0.15) is 5.75 Å². The lowest BCUT2D eigenvalue weighted by molar-refractivity contribution is -0.385. The first kappa shape index (κ1) is 17.2. The van der Waals surface area contributed by atoms with Gasteiger partial charge in [-0.1, -0.05) is 23.7 Å². The predicted octanol–water partition coefficient (Wildman–Crippen LogP) is 3.51. The van der Waals surface area contributed by atoms with Crippen LogP contribution in [0.25, 0.3) is 0 Å². The van der Waals surface area contributed by atoms with Crippen molar-refractivity contribution in [2.24, 2.45) is 0 Å². The van der Waals surface area contributed by atoms with Crippen LogP contribution >= 0.6 is 11.6 Å². The summed E-state index contributed by atoms with van der Waals surface area (Å²) in [5.74, 6) is 0.633. The van der Waals surface area contributed by atoms with Gasteiger partial charge in [0.15, 0.2) is 0 Å². The maximum Gasteiger partial charge on any atom is 0.313 e. The molecule has 0 aromatic heterocycles. The van der Waals surface area contributed by atoms with Crippen LogP contribution in [0, 0.1) is 10.1 Å². The zero-order valence-corrected chi connectivity index (χ0v) is 13.3. The molecule has 0 amide bonds. The van der Waals surface area contributed by atoms with Gasteiger partial charge in [-0.05, 0) is 36.8 Å². The van der Waals surface area contributed by atoms with Crippen molar-refractivity contribution in [1.29, 1.82) is 0 Å². The maximum absolute atomic E-state index is 11.0. The Balaban J connectivity index is 2.05. The van der Waals surface area contributed by atoms with Crippen molar-refractivity contribution in [2.45, 2.75) is 19.6 Å². The third kappa shape index (κ3) is 5.21. The summed E-state index contributed by atoms with van der Waals surface area (Å²) in [5, 5.41) is 23.6. The van der Waals surface area contributed by atoms with Gasteiger partial charge < -0.3 is 15.2 Å². The minimum Gasteiger partial charge on any atom is -0.450 e. The predicted molar refractivity (Wildman–Crippen MR) is 88.0 cm³/mol. The van der Waals surface area contributed by atoms with Crippen molar-refractivity contribution in [3.05, 3.63) is 63.2 Å². The number of benzene rings is 2. The number of rotatable bonds is 7. The van der Waals surface area contributed by atoms with Crippen LogP contribution in [0.15, 0.2) is 42.5 Å². The average molecular weight is 337 g/mol. The maximum atomic E-state index is 11.0. The van der Waals surface area contributed by atoms with Gasteiger partial charge in [-0.3, -0.25) is 10.1 Å². The van der Waals surface area contributed by atoms with E-state index in [1.807, 2.05) is 12.1 Å². The van der Waals surface area contributed by atoms with E-state index in [1.165, 1.54) is 18.2 Å². The van der Waals surface area contributed by atoms with Crippen LogP contribution in [0.2, 0.25) is 5.02 Å². The van der Waals surface area contributed by atoms with Crippen molar-refractivity contribution in [3.63, 3.8) is 0 Å². The van der Waals surface area contributed by atoms with E-state index in [-0.39, 0.29) is 16.5 Å². The van der Waals surface area contributed by atoms with E-state index in [0.717, 1.165) is 5.56 Å². The molecule has 2 aromatic rings. The molecule has 2 aromatic carbocycles. The Morgan fingerprint density at radius 2 is 2.00 bits per heavy atom. The summed E-state index contributed by atoms with van der Waals surface area (Å²) in [6, 6.07) is 11.4. The Labute approximate surface area is 138 Å². The number of hydrogen-bond donors (Lipinski definition) is 2. The van der Waals surface area contributed by atoms with E-state index in [9.17, 15) is 15.2 Å².